The normalized spacial score (nSPS) is 12.3. The van der Waals surface area contributed by atoms with Gasteiger partial charge in [-0.2, -0.15) is 0 Å². The molecule has 0 saturated carbocycles. The fraction of sp³-hybridized carbons (Fsp3) is 0.667. The van der Waals surface area contributed by atoms with E-state index in [2.05, 4.69) is 4.72 Å². The number of rotatable bonds is 4. The molecule has 0 heterocycles. The molecule has 5 heteroatoms. The largest absolute Gasteiger partial charge is 0.300 e. The first-order chi connectivity index (χ1) is 5.04. The third-order valence-corrected chi connectivity index (χ3v) is 1.89. The molecule has 1 amide bonds. The molecule has 0 rings (SSSR count). The van der Waals surface area contributed by atoms with Gasteiger partial charge >= 0.3 is 0 Å². The molecule has 0 aliphatic heterocycles. The minimum atomic E-state index is -0.730. The summed E-state index contributed by atoms with van der Waals surface area (Å²) in [6.07, 6.45) is 0. The summed E-state index contributed by atoms with van der Waals surface area (Å²) in [5.41, 5.74) is 7.15. The van der Waals surface area contributed by atoms with Crippen molar-refractivity contribution < 1.29 is 9.59 Å². The van der Waals surface area contributed by atoms with Gasteiger partial charge in [-0.15, -0.1) is 0 Å². The van der Waals surface area contributed by atoms with Crippen LogP contribution in [0.2, 0.25) is 0 Å². The Morgan fingerprint density at radius 1 is 1.55 bits per heavy atom. The van der Waals surface area contributed by atoms with Crippen LogP contribution in [0.1, 0.15) is 13.8 Å². The van der Waals surface area contributed by atoms with Crippen molar-refractivity contribution in [3.8, 4) is 0 Å². The molecule has 2 N–H and O–H groups in total. The molecule has 0 fully saturated rings. The van der Waals surface area contributed by atoms with E-state index in [1.165, 1.54) is 13.8 Å². The quantitative estimate of drug-likeness (QED) is 0.612. The van der Waals surface area contributed by atoms with Gasteiger partial charge in [0.2, 0.25) is 5.91 Å². The maximum absolute atomic E-state index is 10.5. The van der Waals surface area contributed by atoms with Crippen molar-refractivity contribution in [2.75, 3.05) is 5.75 Å². The van der Waals surface area contributed by atoms with Crippen LogP contribution in [0.25, 0.3) is 0 Å². The highest BCUT2D eigenvalue weighted by Gasteiger charge is 2.08. The van der Waals surface area contributed by atoms with Crippen LogP contribution in [-0.4, -0.2) is 23.5 Å². The molecule has 1 atom stereocenters. The molecule has 0 unspecified atom stereocenters. The van der Waals surface area contributed by atoms with Crippen molar-refractivity contribution in [2.24, 2.45) is 0 Å². The van der Waals surface area contributed by atoms with Crippen molar-refractivity contribution in [1.82, 2.24) is 10.5 Å². The number of ketones is 1. The number of nitrogens with one attached hydrogen (secondary N) is 2. The van der Waals surface area contributed by atoms with E-state index in [1.807, 2.05) is 0 Å². The fourth-order valence-corrected chi connectivity index (χ4v) is 1.03. The molecular formula is C6H11N2O2S. The average molecular weight is 175 g/mol. The van der Waals surface area contributed by atoms with Crippen LogP contribution in [0.4, 0.5) is 0 Å². The molecule has 4 nitrogen and oxygen atoms in total. The van der Waals surface area contributed by atoms with Gasteiger partial charge in [-0.1, -0.05) is 0 Å². The lowest BCUT2D eigenvalue weighted by molar-refractivity contribution is -0.118. The maximum atomic E-state index is 10.5. The first-order valence-electron chi connectivity index (χ1n) is 3.14. The molecule has 0 aromatic carbocycles. The zero-order chi connectivity index (χ0) is 8.85. The number of hydrogen-bond acceptors (Lipinski definition) is 3. The Hall–Kier alpha value is -0.550. The first kappa shape index (κ1) is 10.4. The lowest BCUT2D eigenvalue weighted by atomic mass is 10.3. The minimum absolute atomic E-state index is 0.161. The highest BCUT2D eigenvalue weighted by atomic mass is 32.2. The smallest absolute Gasteiger partial charge is 0.226 e. The van der Waals surface area contributed by atoms with Crippen molar-refractivity contribution in [1.29, 1.82) is 0 Å². The molecular weight excluding hydrogens is 164 g/mol. The van der Waals surface area contributed by atoms with E-state index in [0.29, 0.717) is 5.75 Å². The predicted octanol–water partition coefficient (Wildman–Crippen LogP) is 0.0112. The molecule has 0 spiro atoms. The van der Waals surface area contributed by atoms with Crippen LogP contribution in [0.3, 0.4) is 0 Å². The minimum Gasteiger partial charge on any atom is -0.300 e. The maximum Gasteiger partial charge on any atom is 0.226 e. The average Bonchev–Trinajstić information content (AvgIpc) is 1.86. The molecule has 0 bridgehead atoms. The second kappa shape index (κ2) is 5.15. The summed E-state index contributed by atoms with van der Waals surface area (Å²) >= 11 is 1.09. The van der Waals surface area contributed by atoms with Gasteiger partial charge in [0, 0.05) is 12.7 Å². The van der Waals surface area contributed by atoms with Crippen molar-refractivity contribution in [3.63, 3.8) is 0 Å². The van der Waals surface area contributed by atoms with Crippen LogP contribution < -0.4 is 10.5 Å². The van der Waals surface area contributed by atoms with E-state index in [0.717, 1.165) is 11.9 Å². The fourth-order valence-electron chi connectivity index (χ4n) is 0.344. The van der Waals surface area contributed by atoms with Gasteiger partial charge in [0.05, 0.1) is 6.04 Å². The highest BCUT2D eigenvalue weighted by Crippen LogP contribution is 1.97. The van der Waals surface area contributed by atoms with E-state index in [-0.39, 0.29) is 11.7 Å². The number of Topliss-reactive ketones (excluding diaryl/α,β-unsaturated/α-hetero) is 1. The third-order valence-electron chi connectivity index (χ3n) is 0.957. The number of carbonyl (C=O) groups excluding carboxylic acids is 2. The van der Waals surface area contributed by atoms with Crippen molar-refractivity contribution >= 4 is 23.6 Å². The molecule has 0 aromatic rings. The molecule has 0 aliphatic carbocycles. The zero-order valence-electron chi connectivity index (χ0n) is 6.51. The van der Waals surface area contributed by atoms with E-state index >= 15 is 0 Å². The summed E-state index contributed by atoms with van der Waals surface area (Å²) in [6, 6.07) is -0.730. The Bertz CT molecular complexity index is 161. The van der Waals surface area contributed by atoms with Crippen LogP contribution >= 0.6 is 11.9 Å². The Balaban J connectivity index is 3.39. The molecule has 0 saturated heterocycles. The summed E-state index contributed by atoms with van der Waals surface area (Å²) in [6.45, 7) is 2.76. The van der Waals surface area contributed by atoms with E-state index in [9.17, 15) is 9.59 Å². The van der Waals surface area contributed by atoms with Gasteiger partial charge in [0.25, 0.3) is 0 Å². The second-order valence-corrected chi connectivity index (χ2v) is 2.96. The summed E-state index contributed by atoms with van der Waals surface area (Å²) in [5.74, 6) is -0.0249. The molecule has 1 radical (unpaired) electrons. The Labute approximate surface area is 70.0 Å². The second-order valence-electron chi connectivity index (χ2n) is 2.13. The summed E-state index contributed by atoms with van der Waals surface area (Å²) in [4.78, 5) is 20.8. The van der Waals surface area contributed by atoms with Gasteiger partial charge in [0.1, 0.15) is 5.78 Å². The van der Waals surface area contributed by atoms with Gasteiger partial charge in [-0.05, 0) is 18.9 Å². The van der Waals surface area contributed by atoms with Crippen LogP contribution in [0, 0.1) is 0 Å². The van der Waals surface area contributed by atoms with Crippen molar-refractivity contribution in [2.45, 2.75) is 19.9 Å². The highest BCUT2D eigenvalue weighted by molar-refractivity contribution is 7.98. The first-order valence-corrected chi connectivity index (χ1v) is 4.12. The Morgan fingerprint density at radius 2 is 2.09 bits per heavy atom. The van der Waals surface area contributed by atoms with E-state index < -0.39 is 6.04 Å². The topological polar surface area (TPSA) is 70.0 Å². The number of hydrogen-bond donors (Lipinski definition) is 1. The van der Waals surface area contributed by atoms with Gasteiger partial charge in [0.15, 0.2) is 0 Å². The summed E-state index contributed by atoms with van der Waals surface area (Å²) in [5, 5.41) is 0. The van der Waals surface area contributed by atoms with E-state index in [4.69, 9.17) is 5.73 Å². The van der Waals surface area contributed by atoms with Gasteiger partial charge in [-0.25, -0.2) is 5.73 Å². The number of amides is 1. The lowest BCUT2D eigenvalue weighted by Gasteiger charge is -2.04. The summed E-state index contributed by atoms with van der Waals surface area (Å²) in [7, 11) is 0. The van der Waals surface area contributed by atoms with Crippen LogP contribution in [-0.2, 0) is 9.59 Å². The number of carbonyl (C=O) groups is 2. The summed E-state index contributed by atoms with van der Waals surface area (Å²) < 4.78 is 2.44. The standard InChI is InChI=1S/C6H11N2O2S/c1-4(9)6(7)3-11-8-5(2)10/h6-7H,3H2,1-2H3,(H,8,10)/t6-/m0/s1. The molecule has 63 valence electrons. The zero-order valence-corrected chi connectivity index (χ0v) is 7.33. The van der Waals surface area contributed by atoms with Crippen LogP contribution in [0.5, 0.6) is 0 Å². The Morgan fingerprint density at radius 3 is 2.45 bits per heavy atom. The van der Waals surface area contributed by atoms with Crippen molar-refractivity contribution in [3.05, 3.63) is 0 Å². The third kappa shape index (κ3) is 5.87. The SMILES string of the molecule is CC(=O)NSC[C@H]([NH])C(C)=O. The van der Waals surface area contributed by atoms with Gasteiger partial charge < -0.3 is 4.72 Å². The molecule has 0 aromatic heterocycles. The van der Waals surface area contributed by atoms with E-state index in [1.54, 1.807) is 0 Å². The van der Waals surface area contributed by atoms with Gasteiger partial charge in [-0.3, -0.25) is 9.59 Å². The molecule has 11 heavy (non-hydrogen) atoms. The monoisotopic (exact) mass is 175 g/mol. The predicted molar refractivity (Wildman–Crippen MR) is 43.8 cm³/mol. The van der Waals surface area contributed by atoms with Crippen LogP contribution in [0.15, 0.2) is 0 Å². The lowest BCUT2D eigenvalue weighted by Crippen LogP contribution is -2.24. The molecule has 0 aliphatic rings. The Kier molecular flexibility index (Phi) is 4.89.